The lowest BCUT2D eigenvalue weighted by Gasteiger charge is -2.44. The van der Waals surface area contributed by atoms with Crippen LogP contribution in [0.25, 0.3) is 99.5 Å². The van der Waals surface area contributed by atoms with Crippen molar-refractivity contribution in [3.05, 3.63) is 306 Å². The van der Waals surface area contributed by atoms with Crippen LogP contribution >= 0.6 is 0 Å². The summed E-state index contributed by atoms with van der Waals surface area (Å²) in [5, 5.41) is 4.92. The van der Waals surface area contributed by atoms with E-state index < -0.39 is 0 Å². The summed E-state index contributed by atoms with van der Waals surface area (Å²) in [6, 6.07) is 106. The summed E-state index contributed by atoms with van der Waals surface area (Å²) in [5.41, 5.74) is 36.1. The molecule has 4 aliphatic rings. The molecule has 4 heterocycles. The smallest absolute Gasteiger partial charge is 0.252 e. The maximum Gasteiger partial charge on any atom is 0.252 e. The zero-order valence-electron chi connectivity index (χ0n) is 63.3. The molecule has 0 N–H and O–H groups in total. The van der Waals surface area contributed by atoms with E-state index in [2.05, 4.69) is 389 Å². The Morgan fingerprint density at radius 1 is 0.267 bits per heavy atom. The maximum absolute atomic E-state index is 2.64. The fourth-order valence-electron chi connectivity index (χ4n) is 19.8. The number of hydrogen-bond acceptors (Lipinski definition) is 2. The highest BCUT2D eigenvalue weighted by atomic mass is 15.2. The highest BCUT2D eigenvalue weighted by Gasteiger charge is 2.46. The predicted octanol–water partition coefficient (Wildman–Crippen LogP) is 25.1. The van der Waals surface area contributed by atoms with Crippen molar-refractivity contribution >= 4 is 101 Å². The van der Waals surface area contributed by atoms with Crippen LogP contribution in [0.4, 0.5) is 34.1 Å². The lowest BCUT2D eigenvalue weighted by Crippen LogP contribution is -2.61. The molecular weight excluding hydrogens is 1270 g/mol. The van der Waals surface area contributed by atoms with Crippen molar-refractivity contribution in [3.8, 4) is 55.9 Å². The molecule has 13 aromatic carbocycles. The molecule has 2 aliphatic carbocycles. The van der Waals surface area contributed by atoms with Crippen LogP contribution in [-0.4, -0.2) is 15.8 Å². The van der Waals surface area contributed by atoms with E-state index >= 15 is 0 Å². The standard InChI is InChI=1S/C100H91BN4/c1-95(2,3)70-50-69(51-71(56-70)96(4,5)6)68-38-47-84-90(55-68)102(72-40-32-63(33-41-72)66-36-45-80-82(53-66)99(11,12)60-97(80,7)8)92-58-75(105-86-29-21-18-26-76(86)77-27-19-22-30-87(77)105)59-93-94(92)101(84)85-48-44-74(104-88-31-23-20-28-78(88)79-52-65(39-49-89(79)104)62-24-16-15-17-25-62)57-91(85)103(93)73-42-34-64(35-43-73)67-37-46-81-83(54-67)100(13,14)61-98(81,9)10/h15-59H,60-61H2,1-14H3. The Bertz CT molecular complexity index is 6030. The van der Waals surface area contributed by atoms with Gasteiger partial charge in [-0.15, -0.1) is 0 Å². The molecule has 0 saturated heterocycles. The van der Waals surface area contributed by atoms with Crippen molar-refractivity contribution in [3.63, 3.8) is 0 Å². The monoisotopic (exact) mass is 1360 g/mol. The van der Waals surface area contributed by atoms with E-state index in [1.165, 1.54) is 144 Å². The number of fused-ring (bicyclic) bond motifs is 12. The van der Waals surface area contributed by atoms with Crippen molar-refractivity contribution in [1.82, 2.24) is 9.13 Å². The lowest BCUT2D eigenvalue weighted by atomic mass is 9.33. The van der Waals surface area contributed by atoms with Crippen molar-refractivity contribution < 1.29 is 0 Å². The minimum Gasteiger partial charge on any atom is -0.311 e. The Morgan fingerprint density at radius 2 is 0.629 bits per heavy atom. The normalized spacial score (nSPS) is 15.9. The zero-order chi connectivity index (χ0) is 72.2. The molecule has 0 amide bonds. The quantitative estimate of drug-likeness (QED) is 0.141. The average Bonchev–Trinajstić information content (AvgIpc) is 0.787. The molecule has 4 nitrogen and oxygen atoms in total. The molecule has 514 valence electrons. The average molecular weight is 1360 g/mol. The van der Waals surface area contributed by atoms with Crippen LogP contribution in [-0.2, 0) is 32.5 Å². The Labute approximate surface area is 620 Å². The predicted molar refractivity (Wildman–Crippen MR) is 450 cm³/mol. The molecule has 2 aliphatic heterocycles. The van der Waals surface area contributed by atoms with Crippen LogP contribution in [0.3, 0.4) is 0 Å². The molecule has 15 aromatic rings. The van der Waals surface area contributed by atoms with Gasteiger partial charge in [0.1, 0.15) is 0 Å². The first kappa shape index (κ1) is 64.9. The minimum atomic E-state index is -0.169. The SMILES string of the molecule is CC(C)(C)c1cc(-c2ccc3c(c2)N(c2ccc(-c4ccc5c(c4)C(C)(C)CC5(C)C)cc2)c2cc(-n4c5ccccc5c5ccccc54)cc4c2B3c2ccc(-n3c5ccccc5c5cc(-c6ccccc6)ccc53)cc2N4c2ccc(-c3ccc4c(c3)C(C)(C)CC4(C)C)cc2)cc(C(C)(C)C)c1. The van der Waals surface area contributed by atoms with Crippen LogP contribution in [0.2, 0.25) is 0 Å². The fraction of sp³-hybridized carbons (Fsp3) is 0.220. The summed E-state index contributed by atoms with van der Waals surface area (Å²) < 4.78 is 5.06. The largest absolute Gasteiger partial charge is 0.311 e. The van der Waals surface area contributed by atoms with Crippen LogP contribution in [0.5, 0.6) is 0 Å². The lowest BCUT2D eigenvalue weighted by molar-refractivity contribution is 0.402. The van der Waals surface area contributed by atoms with Crippen LogP contribution < -0.4 is 26.2 Å². The van der Waals surface area contributed by atoms with Gasteiger partial charge in [-0.2, -0.15) is 0 Å². The summed E-state index contributed by atoms with van der Waals surface area (Å²) in [7, 11) is 0. The highest BCUT2D eigenvalue weighted by Crippen LogP contribution is 2.54. The van der Waals surface area contributed by atoms with E-state index in [-0.39, 0.29) is 39.2 Å². The number of rotatable bonds is 8. The minimum absolute atomic E-state index is 0.0707. The third-order valence-electron chi connectivity index (χ3n) is 24.6. The van der Waals surface area contributed by atoms with Gasteiger partial charge in [0.2, 0.25) is 0 Å². The molecule has 0 atom stereocenters. The molecule has 105 heavy (non-hydrogen) atoms. The van der Waals surface area contributed by atoms with E-state index in [0.29, 0.717) is 0 Å². The zero-order valence-corrected chi connectivity index (χ0v) is 63.3. The first-order chi connectivity index (χ1) is 50.3. The fourth-order valence-corrected chi connectivity index (χ4v) is 19.8. The summed E-state index contributed by atoms with van der Waals surface area (Å²) in [5.74, 6) is 0. The number of nitrogens with zero attached hydrogens (tertiary/aromatic N) is 4. The van der Waals surface area contributed by atoms with Gasteiger partial charge in [-0.25, -0.2) is 0 Å². The van der Waals surface area contributed by atoms with Crippen LogP contribution in [0, 0.1) is 0 Å². The van der Waals surface area contributed by atoms with E-state index in [0.717, 1.165) is 52.7 Å². The van der Waals surface area contributed by atoms with Crippen LogP contribution in [0.1, 0.15) is 143 Å². The molecule has 2 aromatic heterocycles. The third kappa shape index (κ3) is 10.2. The van der Waals surface area contributed by atoms with Gasteiger partial charge >= 0.3 is 0 Å². The Morgan fingerprint density at radius 3 is 1.13 bits per heavy atom. The Hall–Kier alpha value is -10.9. The van der Waals surface area contributed by atoms with Crippen LogP contribution in [0.15, 0.2) is 273 Å². The molecule has 0 fully saturated rings. The number of para-hydroxylation sites is 3. The van der Waals surface area contributed by atoms with E-state index in [4.69, 9.17) is 0 Å². The van der Waals surface area contributed by atoms with Gasteiger partial charge in [-0.3, -0.25) is 0 Å². The van der Waals surface area contributed by atoms with Crippen molar-refractivity contribution in [2.45, 2.75) is 142 Å². The molecule has 5 heteroatoms. The topological polar surface area (TPSA) is 16.3 Å². The van der Waals surface area contributed by atoms with Gasteiger partial charge in [-0.1, -0.05) is 285 Å². The van der Waals surface area contributed by atoms with E-state index in [9.17, 15) is 0 Å². The molecule has 0 bridgehead atoms. The maximum atomic E-state index is 2.64. The number of hydrogen-bond donors (Lipinski definition) is 0. The summed E-state index contributed by atoms with van der Waals surface area (Å²) in [4.78, 5) is 5.27. The number of benzene rings is 13. The summed E-state index contributed by atoms with van der Waals surface area (Å²) in [6.07, 6.45) is 2.25. The first-order valence-corrected chi connectivity index (χ1v) is 38.1. The van der Waals surface area contributed by atoms with Gasteiger partial charge in [0.15, 0.2) is 0 Å². The second-order valence-electron chi connectivity index (χ2n) is 35.6. The molecule has 0 saturated carbocycles. The molecule has 0 spiro atoms. The first-order valence-electron chi connectivity index (χ1n) is 38.1. The van der Waals surface area contributed by atoms with Gasteiger partial charge in [0, 0.05) is 61.4 Å². The van der Waals surface area contributed by atoms with Gasteiger partial charge in [-0.05, 0) is 225 Å². The van der Waals surface area contributed by atoms with E-state index in [1.807, 2.05) is 0 Å². The second kappa shape index (κ2) is 22.8. The number of aromatic nitrogens is 2. The number of anilines is 6. The van der Waals surface area contributed by atoms with Gasteiger partial charge in [0.25, 0.3) is 6.71 Å². The third-order valence-corrected chi connectivity index (χ3v) is 24.6. The summed E-state index contributed by atoms with van der Waals surface area (Å²) >= 11 is 0. The van der Waals surface area contributed by atoms with E-state index in [1.54, 1.807) is 0 Å². The van der Waals surface area contributed by atoms with Gasteiger partial charge < -0.3 is 18.9 Å². The molecule has 0 unspecified atom stereocenters. The Balaban J connectivity index is 0.893. The van der Waals surface area contributed by atoms with Gasteiger partial charge in [0.05, 0.1) is 27.8 Å². The molecule has 19 rings (SSSR count). The summed E-state index contributed by atoms with van der Waals surface area (Å²) in [6.45, 7) is 33.3. The van der Waals surface area contributed by atoms with Crippen molar-refractivity contribution in [2.75, 3.05) is 9.80 Å². The molecule has 0 radical (unpaired) electrons. The highest BCUT2D eigenvalue weighted by molar-refractivity contribution is 7.00. The Kier molecular flexibility index (Phi) is 14.1. The van der Waals surface area contributed by atoms with Crippen molar-refractivity contribution in [2.24, 2.45) is 0 Å². The molecular formula is C100H91BN4. The van der Waals surface area contributed by atoms with Crippen molar-refractivity contribution in [1.29, 1.82) is 0 Å². The second-order valence-corrected chi connectivity index (χ2v) is 35.6.